The van der Waals surface area contributed by atoms with E-state index in [1.165, 1.54) is 4.90 Å². The minimum absolute atomic E-state index is 0.292. The van der Waals surface area contributed by atoms with Crippen LogP contribution in [0, 0.1) is 25.7 Å². The predicted octanol–water partition coefficient (Wildman–Crippen LogP) is 5.87. The summed E-state index contributed by atoms with van der Waals surface area (Å²) >= 11 is 12.6. The fourth-order valence-corrected chi connectivity index (χ4v) is 5.37. The van der Waals surface area contributed by atoms with Crippen LogP contribution in [0.25, 0.3) is 5.57 Å². The van der Waals surface area contributed by atoms with E-state index in [2.05, 4.69) is 18.7 Å². The maximum atomic E-state index is 13.8. The average Bonchev–Trinajstić information content (AvgIpc) is 2.92. The Balaban J connectivity index is 1.89. The molecule has 2 aromatic rings. The summed E-state index contributed by atoms with van der Waals surface area (Å²) in [7, 11) is 0. The first kappa shape index (κ1) is 21.9. The summed E-state index contributed by atoms with van der Waals surface area (Å²) in [6.07, 6.45) is 1.10. The number of amides is 2. The number of imide groups is 1. The van der Waals surface area contributed by atoms with Gasteiger partial charge in [0.25, 0.3) is 11.8 Å². The maximum Gasteiger partial charge on any atom is 0.282 e. The summed E-state index contributed by atoms with van der Waals surface area (Å²) in [6.45, 7) is 9.73. The molecule has 2 unspecified atom stereocenters. The summed E-state index contributed by atoms with van der Waals surface area (Å²) in [5.74, 6) is 0.217. The van der Waals surface area contributed by atoms with Crippen LogP contribution in [0.4, 0.5) is 5.69 Å². The second kappa shape index (κ2) is 8.33. The van der Waals surface area contributed by atoms with Gasteiger partial charge in [0.2, 0.25) is 0 Å². The average molecular weight is 457 g/mol. The molecule has 2 heterocycles. The zero-order valence-electron chi connectivity index (χ0n) is 18.2. The van der Waals surface area contributed by atoms with E-state index in [0.29, 0.717) is 44.4 Å². The van der Waals surface area contributed by atoms with Crippen LogP contribution in [0.15, 0.2) is 42.1 Å². The highest BCUT2D eigenvalue weighted by atomic mass is 35.5. The molecule has 6 heteroatoms. The van der Waals surface area contributed by atoms with E-state index in [-0.39, 0.29) is 11.8 Å². The fourth-order valence-electron chi connectivity index (χ4n) is 4.87. The van der Waals surface area contributed by atoms with Gasteiger partial charge >= 0.3 is 0 Å². The lowest BCUT2D eigenvalue weighted by atomic mass is 9.91. The van der Waals surface area contributed by atoms with Crippen LogP contribution < -0.4 is 4.90 Å². The number of piperidine rings is 1. The smallest absolute Gasteiger partial charge is 0.282 e. The number of anilines is 1. The number of benzene rings is 2. The molecule has 31 heavy (non-hydrogen) atoms. The van der Waals surface area contributed by atoms with E-state index in [4.69, 9.17) is 23.2 Å². The van der Waals surface area contributed by atoms with Crippen molar-refractivity contribution >= 4 is 46.3 Å². The van der Waals surface area contributed by atoms with Gasteiger partial charge in [0.1, 0.15) is 5.70 Å². The molecule has 2 aliphatic heterocycles. The largest absolute Gasteiger partial charge is 0.366 e. The van der Waals surface area contributed by atoms with E-state index in [0.717, 1.165) is 30.6 Å². The Bertz CT molecular complexity index is 1100. The molecule has 0 aromatic heterocycles. The molecule has 0 bridgehead atoms. The van der Waals surface area contributed by atoms with E-state index >= 15 is 0 Å². The van der Waals surface area contributed by atoms with E-state index in [1.807, 2.05) is 32.0 Å². The summed E-state index contributed by atoms with van der Waals surface area (Å²) in [5, 5.41) is 0.848. The van der Waals surface area contributed by atoms with Crippen molar-refractivity contribution in [3.05, 3.63) is 68.8 Å². The number of carbonyl (C=O) groups excluding carboxylic acids is 2. The molecule has 0 N–H and O–H groups in total. The Labute approximate surface area is 193 Å². The standard InChI is InChI=1S/C25H26Cl2N2O2/c1-14-5-8-21(17(4)10-14)29-24(30)22(19-7-6-18(26)11-20(19)27)23(25(29)31)28-12-15(2)9-16(3)13-28/h5-8,10-11,15-16H,9,12-13H2,1-4H3. The Hall–Kier alpha value is -2.30. The number of aryl methyl sites for hydroxylation is 2. The molecular weight excluding hydrogens is 431 g/mol. The minimum Gasteiger partial charge on any atom is -0.366 e. The molecule has 162 valence electrons. The number of likely N-dealkylation sites (tertiary alicyclic amines) is 1. The van der Waals surface area contributed by atoms with Crippen molar-refractivity contribution in [1.29, 1.82) is 0 Å². The molecule has 0 spiro atoms. The van der Waals surface area contributed by atoms with Gasteiger partial charge in [-0.2, -0.15) is 0 Å². The van der Waals surface area contributed by atoms with Crippen LogP contribution in [0.2, 0.25) is 10.0 Å². The van der Waals surface area contributed by atoms with Gasteiger partial charge in [0.05, 0.1) is 16.3 Å². The lowest BCUT2D eigenvalue weighted by Gasteiger charge is -2.37. The number of halogens is 2. The lowest BCUT2D eigenvalue weighted by molar-refractivity contribution is -0.120. The highest BCUT2D eigenvalue weighted by Gasteiger charge is 2.44. The van der Waals surface area contributed by atoms with Crippen LogP contribution in [0.5, 0.6) is 0 Å². The normalized spacial score (nSPS) is 22.0. The minimum atomic E-state index is -0.345. The molecule has 4 nitrogen and oxygen atoms in total. The second-order valence-electron chi connectivity index (χ2n) is 8.93. The van der Waals surface area contributed by atoms with Crippen LogP contribution in [-0.4, -0.2) is 29.8 Å². The molecule has 2 amide bonds. The van der Waals surface area contributed by atoms with Gasteiger partial charge in [-0.05, 0) is 55.9 Å². The van der Waals surface area contributed by atoms with Gasteiger partial charge < -0.3 is 4.90 Å². The van der Waals surface area contributed by atoms with Gasteiger partial charge in [-0.3, -0.25) is 9.59 Å². The summed E-state index contributed by atoms with van der Waals surface area (Å²) < 4.78 is 0. The van der Waals surface area contributed by atoms with Crippen molar-refractivity contribution in [2.24, 2.45) is 11.8 Å². The van der Waals surface area contributed by atoms with Crippen molar-refractivity contribution in [3.63, 3.8) is 0 Å². The van der Waals surface area contributed by atoms with Gasteiger partial charge in [0, 0.05) is 23.7 Å². The van der Waals surface area contributed by atoms with Crippen LogP contribution in [0.3, 0.4) is 0 Å². The quantitative estimate of drug-likeness (QED) is 0.541. The molecule has 0 radical (unpaired) electrons. The van der Waals surface area contributed by atoms with Crippen molar-refractivity contribution < 1.29 is 9.59 Å². The molecule has 0 saturated carbocycles. The first-order valence-corrected chi connectivity index (χ1v) is 11.3. The zero-order chi connectivity index (χ0) is 22.4. The van der Waals surface area contributed by atoms with E-state index in [1.54, 1.807) is 18.2 Å². The Morgan fingerprint density at radius 3 is 2.19 bits per heavy atom. The molecule has 2 aromatic carbocycles. The predicted molar refractivity (Wildman–Crippen MR) is 126 cm³/mol. The number of nitrogens with zero attached hydrogens (tertiary/aromatic N) is 2. The third-order valence-corrected chi connectivity index (χ3v) is 6.59. The maximum absolute atomic E-state index is 13.8. The van der Waals surface area contributed by atoms with Crippen molar-refractivity contribution in [3.8, 4) is 0 Å². The highest BCUT2D eigenvalue weighted by molar-refractivity contribution is 6.47. The first-order valence-electron chi connectivity index (χ1n) is 10.6. The molecule has 4 rings (SSSR count). The van der Waals surface area contributed by atoms with Crippen molar-refractivity contribution in [1.82, 2.24) is 4.90 Å². The number of hydrogen-bond donors (Lipinski definition) is 0. The lowest BCUT2D eigenvalue weighted by Crippen LogP contribution is -2.42. The Morgan fingerprint density at radius 1 is 0.903 bits per heavy atom. The fraction of sp³-hybridized carbons (Fsp3) is 0.360. The highest BCUT2D eigenvalue weighted by Crippen LogP contribution is 2.40. The third kappa shape index (κ3) is 3.99. The van der Waals surface area contributed by atoms with Crippen LogP contribution in [-0.2, 0) is 9.59 Å². The third-order valence-electron chi connectivity index (χ3n) is 6.04. The van der Waals surface area contributed by atoms with Gasteiger partial charge in [-0.25, -0.2) is 4.90 Å². The summed E-state index contributed by atoms with van der Waals surface area (Å²) in [6, 6.07) is 10.8. The van der Waals surface area contributed by atoms with E-state index < -0.39 is 0 Å². The summed E-state index contributed by atoms with van der Waals surface area (Å²) in [5.41, 5.74) is 3.90. The second-order valence-corrected chi connectivity index (χ2v) is 9.78. The summed E-state index contributed by atoms with van der Waals surface area (Å²) in [4.78, 5) is 30.9. The monoisotopic (exact) mass is 456 g/mol. The van der Waals surface area contributed by atoms with Gasteiger partial charge in [-0.1, -0.05) is 60.8 Å². The Kier molecular flexibility index (Phi) is 5.89. The van der Waals surface area contributed by atoms with Crippen LogP contribution >= 0.6 is 23.2 Å². The van der Waals surface area contributed by atoms with Crippen molar-refractivity contribution in [2.75, 3.05) is 18.0 Å². The van der Waals surface area contributed by atoms with Gasteiger partial charge in [-0.15, -0.1) is 0 Å². The SMILES string of the molecule is Cc1ccc(N2C(=O)C(c3ccc(Cl)cc3Cl)=C(N3CC(C)CC(C)C3)C2=O)c(C)c1. The van der Waals surface area contributed by atoms with E-state index in [9.17, 15) is 9.59 Å². The molecule has 1 fully saturated rings. The molecule has 2 atom stereocenters. The first-order chi connectivity index (χ1) is 14.7. The molecule has 2 aliphatic rings. The number of carbonyl (C=O) groups is 2. The zero-order valence-corrected chi connectivity index (χ0v) is 19.7. The Morgan fingerprint density at radius 2 is 1.58 bits per heavy atom. The molecule has 0 aliphatic carbocycles. The molecule has 1 saturated heterocycles. The number of hydrogen-bond acceptors (Lipinski definition) is 3. The number of rotatable bonds is 3. The van der Waals surface area contributed by atoms with Crippen LogP contribution in [0.1, 0.15) is 37.0 Å². The van der Waals surface area contributed by atoms with Gasteiger partial charge in [0.15, 0.2) is 0 Å². The topological polar surface area (TPSA) is 40.6 Å². The molecular formula is C25H26Cl2N2O2. The van der Waals surface area contributed by atoms with Crippen molar-refractivity contribution in [2.45, 2.75) is 34.1 Å².